The molecule has 2 saturated carbocycles. The molecule has 0 unspecified atom stereocenters. The van der Waals surface area contributed by atoms with Crippen molar-refractivity contribution in [1.29, 1.82) is 0 Å². The molecule has 2 aliphatic carbocycles. The number of rotatable bonds is 5. The molecule has 2 aliphatic rings. The molecule has 3 aromatic rings. The van der Waals surface area contributed by atoms with Crippen LogP contribution in [0.3, 0.4) is 0 Å². The summed E-state index contributed by atoms with van der Waals surface area (Å²) in [4.78, 5) is 13.0. The summed E-state index contributed by atoms with van der Waals surface area (Å²) < 4.78 is 3.26. The molecule has 2 fully saturated rings. The lowest BCUT2D eigenvalue weighted by Crippen LogP contribution is -2.30. The molecule has 0 amide bonds. The van der Waals surface area contributed by atoms with E-state index in [1.165, 1.54) is 6.20 Å². The van der Waals surface area contributed by atoms with Crippen LogP contribution in [0.4, 0.5) is 5.82 Å². The summed E-state index contributed by atoms with van der Waals surface area (Å²) in [6, 6.07) is -1.12. The van der Waals surface area contributed by atoms with Crippen molar-refractivity contribution in [1.82, 2.24) is 29.3 Å². The second kappa shape index (κ2) is 7.99. The SMILES string of the molecule is OCc1cnn([C@H]2C[C@@H](n3cnc4c(N[C@H]5CCC[C@@H]5O)nc(Cl)nc43)[C@H](O)[C@@H]2O)c1. The quantitative estimate of drug-likeness (QED) is 0.348. The number of nitrogens with zero attached hydrogens (tertiary/aromatic N) is 6. The van der Waals surface area contributed by atoms with Crippen molar-refractivity contribution in [2.24, 2.45) is 0 Å². The predicted octanol–water partition coefficient (Wildman–Crippen LogP) is 0.402. The maximum Gasteiger partial charge on any atom is 0.226 e. The molecule has 0 bridgehead atoms. The van der Waals surface area contributed by atoms with Crippen LogP contribution in [-0.2, 0) is 6.61 Å². The van der Waals surface area contributed by atoms with Crippen molar-refractivity contribution < 1.29 is 20.4 Å². The highest BCUT2D eigenvalue weighted by Crippen LogP contribution is 2.40. The number of hydrogen-bond donors (Lipinski definition) is 5. The zero-order chi connectivity index (χ0) is 21.7. The summed E-state index contributed by atoms with van der Waals surface area (Å²) in [7, 11) is 0. The van der Waals surface area contributed by atoms with E-state index in [1.807, 2.05) is 0 Å². The van der Waals surface area contributed by atoms with Crippen LogP contribution in [0.15, 0.2) is 18.7 Å². The molecular formula is C19H24ClN7O4. The second-order valence-electron chi connectivity index (χ2n) is 8.25. The first kappa shape index (κ1) is 20.6. The number of aliphatic hydroxyl groups excluding tert-OH is 4. The number of nitrogens with one attached hydrogen (secondary N) is 1. The number of hydrogen-bond acceptors (Lipinski definition) is 9. The molecule has 3 heterocycles. The van der Waals surface area contributed by atoms with Gasteiger partial charge >= 0.3 is 0 Å². The Morgan fingerprint density at radius 1 is 1.13 bits per heavy atom. The van der Waals surface area contributed by atoms with E-state index in [2.05, 4.69) is 25.4 Å². The minimum absolute atomic E-state index is 0.0217. The van der Waals surface area contributed by atoms with E-state index in [-0.39, 0.29) is 17.9 Å². The highest BCUT2D eigenvalue weighted by atomic mass is 35.5. The van der Waals surface area contributed by atoms with Crippen LogP contribution >= 0.6 is 11.6 Å². The normalized spacial score (nSPS) is 31.0. The fraction of sp³-hybridized carbons (Fsp3) is 0.579. The van der Waals surface area contributed by atoms with Gasteiger partial charge in [0.2, 0.25) is 5.28 Å². The Morgan fingerprint density at radius 2 is 1.94 bits per heavy atom. The standard InChI is InChI=1S/C19H24ClN7O4/c20-19-24-17(23-10-2-1-3-13(10)29)14-18(25-19)26(8-21-14)11-4-12(16(31)15(11)30)27-6-9(7-28)5-22-27/h5-6,8,10-13,15-16,28-31H,1-4,7H2,(H,23,24,25)/t10-,11+,12-,13-,15-,16+/m0/s1. The van der Waals surface area contributed by atoms with E-state index in [4.69, 9.17) is 11.6 Å². The molecule has 0 saturated heterocycles. The Balaban J connectivity index is 1.47. The van der Waals surface area contributed by atoms with Crippen LogP contribution in [0.1, 0.15) is 43.3 Å². The lowest BCUT2D eigenvalue weighted by atomic mass is 10.2. The third-order valence-electron chi connectivity index (χ3n) is 6.35. The largest absolute Gasteiger partial charge is 0.392 e. The molecule has 0 aliphatic heterocycles. The third-order valence-corrected chi connectivity index (χ3v) is 6.52. The maximum absolute atomic E-state index is 10.8. The molecule has 12 heteroatoms. The average molecular weight is 450 g/mol. The molecule has 31 heavy (non-hydrogen) atoms. The Labute approximate surface area is 182 Å². The smallest absolute Gasteiger partial charge is 0.226 e. The van der Waals surface area contributed by atoms with Gasteiger partial charge in [-0.15, -0.1) is 0 Å². The molecule has 0 aromatic carbocycles. The zero-order valence-electron chi connectivity index (χ0n) is 16.6. The third kappa shape index (κ3) is 3.56. The van der Waals surface area contributed by atoms with Gasteiger partial charge in [0.1, 0.15) is 12.2 Å². The van der Waals surface area contributed by atoms with Crippen molar-refractivity contribution in [2.75, 3.05) is 5.32 Å². The number of anilines is 1. The number of imidazole rings is 1. The first-order valence-corrected chi connectivity index (χ1v) is 10.7. The molecule has 5 N–H and O–H groups in total. The zero-order valence-corrected chi connectivity index (χ0v) is 17.3. The van der Waals surface area contributed by atoms with Gasteiger partial charge in [0, 0.05) is 11.8 Å². The second-order valence-corrected chi connectivity index (χ2v) is 8.59. The summed E-state index contributed by atoms with van der Waals surface area (Å²) in [6.07, 6.45) is 4.99. The van der Waals surface area contributed by atoms with Gasteiger partial charge in [-0.3, -0.25) is 4.68 Å². The number of aromatic nitrogens is 6. The fourth-order valence-corrected chi connectivity index (χ4v) is 4.85. The lowest BCUT2D eigenvalue weighted by Gasteiger charge is -2.19. The van der Waals surface area contributed by atoms with Crippen molar-refractivity contribution in [3.05, 3.63) is 29.6 Å². The fourth-order valence-electron chi connectivity index (χ4n) is 4.68. The Morgan fingerprint density at radius 3 is 2.65 bits per heavy atom. The van der Waals surface area contributed by atoms with Crippen molar-refractivity contribution >= 4 is 28.6 Å². The Hall–Kier alpha value is -2.31. The topological polar surface area (TPSA) is 154 Å². The van der Waals surface area contributed by atoms with Crippen molar-refractivity contribution in [2.45, 2.75) is 68.7 Å². The van der Waals surface area contributed by atoms with Gasteiger partial charge in [-0.1, -0.05) is 0 Å². The number of fused-ring (bicyclic) bond motifs is 1. The summed E-state index contributed by atoms with van der Waals surface area (Å²) in [6.45, 7) is -0.151. The van der Waals surface area contributed by atoms with E-state index < -0.39 is 30.4 Å². The van der Waals surface area contributed by atoms with Crippen LogP contribution in [0.25, 0.3) is 11.2 Å². The summed E-state index contributed by atoms with van der Waals surface area (Å²) >= 11 is 6.17. The van der Waals surface area contributed by atoms with Crippen LogP contribution in [0, 0.1) is 0 Å². The molecular weight excluding hydrogens is 426 g/mol. The predicted molar refractivity (Wildman–Crippen MR) is 110 cm³/mol. The van der Waals surface area contributed by atoms with E-state index in [1.54, 1.807) is 21.8 Å². The summed E-state index contributed by atoms with van der Waals surface area (Å²) in [5.41, 5.74) is 1.54. The van der Waals surface area contributed by atoms with Gasteiger partial charge in [0.15, 0.2) is 17.0 Å². The molecule has 0 radical (unpaired) electrons. The lowest BCUT2D eigenvalue weighted by molar-refractivity contribution is 0.00720. The first-order valence-electron chi connectivity index (χ1n) is 10.3. The van der Waals surface area contributed by atoms with Crippen LogP contribution in [0.5, 0.6) is 0 Å². The molecule has 0 spiro atoms. The minimum Gasteiger partial charge on any atom is -0.392 e. The van der Waals surface area contributed by atoms with Crippen LogP contribution in [0.2, 0.25) is 5.28 Å². The van der Waals surface area contributed by atoms with Gasteiger partial charge in [0.25, 0.3) is 0 Å². The van der Waals surface area contributed by atoms with E-state index in [0.717, 1.165) is 19.3 Å². The van der Waals surface area contributed by atoms with Crippen LogP contribution in [-0.4, -0.2) is 74.1 Å². The Bertz CT molecular complexity index is 1090. The molecule has 5 rings (SSSR count). The van der Waals surface area contributed by atoms with Gasteiger partial charge in [-0.2, -0.15) is 15.1 Å². The highest BCUT2D eigenvalue weighted by Gasteiger charge is 2.44. The van der Waals surface area contributed by atoms with Crippen molar-refractivity contribution in [3.8, 4) is 0 Å². The van der Waals surface area contributed by atoms with Gasteiger partial charge in [-0.05, 0) is 37.3 Å². The highest BCUT2D eigenvalue weighted by molar-refractivity contribution is 6.28. The molecule has 166 valence electrons. The minimum atomic E-state index is -1.08. The summed E-state index contributed by atoms with van der Waals surface area (Å²) in [5.74, 6) is 0.434. The summed E-state index contributed by atoms with van der Waals surface area (Å²) in [5, 5.41) is 48.3. The molecule has 3 aromatic heterocycles. The van der Waals surface area contributed by atoms with E-state index >= 15 is 0 Å². The number of aliphatic hydroxyl groups is 4. The maximum atomic E-state index is 10.8. The first-order chi connectivity index (χ1) is 15.0. The van der Waals surface area contributed by atoms with Gasteiger partial charge in [0.05, 0.1) is 43.4 Å². The van der Waals surface area contributed by atoms with Crippen molar-refractivity contribution in [3.63, 3.8) is 0 Å². The van der Waals surface area contributed by atoms with E-state index in [9.17, 15) is 20.4 Å². The average Bonchev–Trinajstić information content (AvgIpc) is 3.52. The molecule has 6 atom stereocenters. The monoisotopic (exact) mass is 449 g/mol. The van der Waals surface area contributed by atoms with Crippen LogP contribution < -0.4 is 5.32 Å². The van der Waals surface area contributed by atoms with E-state index in [0.29, 0.717) is 29.0 Å². The van der Waals surface area contributed by atoms with Gasteiger partial charge in [-0.25, -0.2) is 4.98 Å². The Kier molecular flexibility index (Phi) is 5.30. The number of halogens is 1. The van der Waals surface area contributed by atoms with Gasteiger partial charge < -0.3 is 30.3 Å². The molecule has 11 nitrogen and oxygen atoms in total.